The molecule has 2 rings (SSSR count). The van der Waals surface area contributed by atoms with Crippen molar-refractivity contribution in [3.05, 3.63) is 33.9 Å². The molecule has 1 aliphatic carbocycles. The van der Waals surface area contributed by atoms with Crippen molar-refractivity contribution in [3.63, 3.8) is 0 Å². The summed E-state index contributed by atoms with van der Waals surface area (Å²) in [5.74, 6) is -0.0160. The second-order valence-corrected chi connectivity index (χ2v) is 7.08. The van der Waals surface area contributed by atoms with Gasteiger partial charge in [0.25, 0.3) is 5.69 Å². The van der Waals surface area contributed by atoms with Crippen LogP contribution in [0, 0.1) is 34.3 Å². The number of nitro benzene ring substituents is 1. The van der Waals surface area contributed by atoms with Crippen molar-refractivity contribution in [2.24, 2.45) is 5.92 Å². The fourth-order valence-corrected chi connectivity index (χ4v) is 3.55. The number of sulfonamides is 1. The molecule has 21 heavy (non-hydrogen) atoms. The summed E-state index contributed by atoms with van der Waals surface area (Å²) in [7, 11) is -3.98. The minimum atomic E-state index is -3.98. The lowest BCUT2D eigenvalue weighted by Crippen LogP contribution is -2.46. The molecule has 7 nitrogen and oxygen atoms in total. The lowest BCUT2D eigenvalue weighted by atomic mass is 10.0. The van der Waals surface area contributed by atoms with Crippen LogP contribution in [0.5, 0.6) is 0 Å². The number of rotatable bonds is 5. The van der Waals surface area contributed by atoms with Gasteiger partial charge in [-0.25, -0.2) is 8.42 Å². The van der Waals surface area contributed by atoms with E-state index in [0.717, 1.165) is 18.9 Å². The predicted molar refractivity (Wildman–Crippen MR) is 74.9 cm³/mol. The highest BCUT2D eigenvalue weighted by Crippen LogP contribution is 2.40. The quantitative estimate of drug-likeness (QED) is 0.659. The highest BCUT2D eigenvalue weighted by Gasteiger charge is 2.44. The molecule has 0 unspecified atom stereocenters. The van der Waals surface area contributed by atoms with Gasteiger partial charge in [0.15, 0.2) is 0 Å². The zero-order chi connectivity index (χ0) is 15.8. The van der Waals surface area contributed by atoms with E-state index in [1.54, 1.807) is 0 Å². The number of nitrogens with zero attached hydrogens (tertiary/aromatic N) is 2. The summed E-state index contributed by atoms with van der Waals surface area (Å²) < 4.78 is 27.1. The monoisotopic (exact) mass is 309 g/mol. The first-order chi connectivity index (χ1) is 9.69. The van der Waals surface area contributed by atoms with Gasteiger partial charge in [0, 0.05) is 11.6 Å². The molecular weight excluding hydrogens is 294 g/mol. The van der Waals surface area contributed by atoms with Gasteiger partial charge in [-0.05, 0) is 38.7 Å². The van der Waals surface area contributed by atoms with E-state index in [-0.39, 0.29) is 16.5 Å². The van der Waals surface area contributed by atoms with Crippen molar-refractivity contribution in [2.75, 3.05) is 0 Å². The number of benzene rings is 1. The Balaban J connectivity index is 2.38. The lowest BCUT2D eigenvalue weighted by Gasteiger charge is -2.22. The van der Waals surface area contributed by atoms with Crippen molar-refractivity contribution in [3.8, 4) is 6.07 Å². The zero-order valence-corrected chi connectivity index (χ0v) is 12.5. The fraction of sp³-hybridized carbons (Fsp3) is 0.462. The Hall–Kier alpha value is -1.98. The highest BCUT2D eigenvalue weighted by molar-refractivity contribution is 7.89. The van der Waals surface area contributed by atoms with Gasteiger partial charge in [-0.2, -0.15) is 9.98 Å². The van der Waals surface area contributed by atoms with Gasteiger partial charge in [-0.3, -0.25) is 10.1 Å². The Morgan fingerprint density at radius 1 is 1.48 bits per heavy atom. The Labute approximate surface area is 122 Å². The van der Waals surface area contributed by atoms with Crippen LogP contribution in [0.25, 0.3) is 0 Å². The molecule has 0 amide bonds. The minimum Gasteiger partial charge on any atom is -0.258 e. The smallest absolute Gasteiger partial charge is 0.258 e. The van der Waals surface area contributed by atoms with Crippen LogP contribution < -0.4 is 4.72 Å². The summed E-state index contributed by atoms with van der Waals surface area (Å²) in [6, 6.07) is 5.69. The molecule has 8 heteroatoms. The van der Waals surface area contributed by atoms with E-state index in [0.29, 0.717) is 5.56 Å². The Morgan fingerprint density at radius 2 is 2.10 bits per heavy atom. The first-order valence-corrected chi connectivity index (χ1v) is 7.88. The molecule has 0 saturated heterocycles. The summed E-state index contributed by atoms with van der Waals surface area (Å²) in [5.41, 5.74) is -1.06. The van der Waals surface area contributed by atoms with Crippen molar-refractivity contribution < 1.29 is 13.3 Å². The summed E-state index contributed by atoms with van der Waals surface area (Å²) in [6.45, 7) is 3.07. The third kappa shape index (κ3) is 3.04. The van der Waals surface area contributed by atoms with Crippen LogP contribution >= 0.6 is 0 Å². The summed E-state index contributed by atoms with van der Waals surface area (Å²) in [4.78, 5) is 10.1. The van der Waals surface area contributed by atoms with Crippen LogP contribution in [-0.4, -0.2) is 18.9 Å². The molecule has 1 atom stereocenters. The minimum absolute atomic E-state index is 0.0160. The second kappa shape index (κ2) is 5.09. The Morgan fingerprint density at radius 3 is 2.57 bits per heavy atom. The largest absolute Gasteiger partial charge is 0.273 e. The van der Waals surface area contributed by atoms with Gasteiger partial charge in [0.2, 0.25) is 10.0 Å². The Bertz CT molecular complexity index is 734. The van der Waals surface area contributed by atoms with Gasteiger partial charge in [0.1, 0.15) is 5.54 Å². The topological polar surface area (TPSA) is 113 Å². The molecule has 112 valence electrons. The molecule has 0 aliphatic heterocycles. The number of nitrogens with one attached hydrogen (secondary N) is 1. The van der Waals surface area contributed by atoms with Gasteiger partial charge >= 0.3 is 0 Å². The van der Waals surface area contributed by atoms with E-state index < -0.39 is 20.5 Å². The zero-order valence-electron chi connectivity index (χ0n) is 11.7. The number of hydrogen-bond acceptors (Lipinski definition) is 5. The number of nitriles is 1. The maximum atomic E-state index is 12.3. The van der Waals surface area contributed by atoms with Crippen LogP contribution in [0.3, 0.4) is 0 Å². The van der Waals surface area contributed by atoms with Crippen LogP contribution in [-0.2, 0) is 10.0 Å². The number of hydrogen-bond donors (Lipinski definition) is 1. The molecule has 1 fully saturated rings. The third-order valence-electron chi connectivity index (χ3n) is 3.66. The van der Waals surface area contributed by atoms with E-state index in [1.165, 1.54) is 26.0 Å². The molecule has 1 N–H and O–H groups in total. The molecule has 0 radical (unpaired) electrons. The first kappa shape index (κ1) is 15.4. The van der Waals surface area contributed by atoms with E-state index in [4.69, 9.17) is 0 Å². The summed E-state index contributed by atoms with van der Waals surface area (Å²) >= 11 is 0. The standard InChI is InChI=1S/C13H15N3O4S/c1-9-3-6-11(7-12(9)16(17)18)21(19,20)15-13(2,8-14)10-4-5-10/h3,6-7,10,15H,4-5H2,1-2H3/t13-/m0/s1. The highest BCUT2D eigenvalue weighted by atomic mass is 32.2. The van der Waals surface area contributed by atoms with Gasteiger partial charge in [0.05, 0.1) is 15.9 Å². The van der Waals surface area contributed by atoms with E-state index >= 15 is 0 Å². The second-order valence-electron chi connectivity index (χ2n) is 5.40. The molecule has 0 aromatic heterocycles. The lowest BCUT2D eigenvalue weighted by molar-refractivity contribution is -0.385. The summed E-state index contributed by atoms with van der Waals surface area (Å²) in [5, 5.41) is 20.1. The van der Waals surface area contributed by atoms with E-state index in [2.05, 4.69) is 4.72 Å². The maximum absolute atomic E-state index is 12.3. The van der Waals surface area contributed by atoms with E-state index in [1.807, 2.05) is 6.07 Å². The molecule has 1 aliphatic rings. The molecule has 1 aromatic rings. The normalized spacial score (nSPS) is 17.8. The molecule has 0 spiro atoms. The number of aryl methyl sites for hydroxylation is 1. The molecular formula is C13H15N3O4S. The molecule has 0 bridgehead atoms. The van der Waals surface area contributed by atoms with Crippen LogP contribution in [0.15, 0.2) is 23.1 Å². The fourth-order valence-electron chi connectivity index (χ4n) is 2.15. The first-order valence-electron chi connectivity index (χ1n) is 6.40. The van der Waals surface area contributed by atoms with Crippen molar-refractivity contribution >= 4 is 15.7 Å². The van der Waals surface area contributed by atoms with Crippen LogP contribution in [0.4, 0.5) is 5.69 Å². The maximum Gasteiger partial charge on any atom is 0.273 e. The van der Waals surface area contributed by atoms with Crippen molar-refractivity contribution in [1.29, 1.82) is 5.26 Å². The Kier molecular flexibility index (Phi) is 3.74. The molecule has 1 saturated carbocycles. The van der Waals surface area contributed by atoms with E-state index in [9.17, 15) is 23.8 Å². The SMILES string of the molecule is Cc1ccc(S(=O)(=O)N[C@@](C)(C#N)C2CC2)cc1[N+](=O)[O-]. The summed E-state index contributed by atoms with van der Waals surface area (Å²) in [6.07, 6.45) is 1.58. The predicted octanol–water partition coefficient (Wildman–Crippen LogP) is 1.87. The van der Waals surface area contributed by atoms with Gasteiger partial charge in [-0.15, -0.1) is 0 Å². The van der Waals surface area contributed by atoms with Crippen LogP contribution in [0.1, 0.15) is 25.3 Å². The third-order valence-corrected chi connectivity index (χ3v) is 5.23. The van der Waals surface area contributed by atoms with Gasteiger partial charge in [-0.1, -0.05) is 6.07 Å². The molecule has 1 aromatic carbocycles. The average molecular weight is 309 g/mol. The number of nitro groups is 1. The average Bonchev–Trinajstić information content (AvgIpc) is 3.22. The van der Waals surface area contributed by atoms with Crippen LogP contribution in [0.2, 0.25) is 0 Å². The van der Waals surface area contributed by atoms with Crippen molar-refractivity contribution in [2.45, 2.75) is 37.1 Å². The van der Waals surface area contributed by atoms with Crippen molar-refractivity contribution in [1.82, 2.24) is 4.72 Å². The molecule has 0 heterocycles. The van der Waals surface area contributed by atoms with Gasteiger partial charge < -0.3 is 0 Å².